The summed E-state index contributed by atoms with van der Waals surface area (Å²) in [6.07, 6.45) is 2.85. The Morgan fingerprint density at radius 1 is 0.905 bits per heavy atom. The normalized spacial score (nSPS) is 12.8. The van der Waals surface area contributed by atoms with Gasteiger partial charge < -0.3 is 0 Å². The van der Waals surface area contributed by atoms with Crippen LogP contribution in [-0.2, 0) is 12.8 Å². The molecule has 21 heavy (non-hydrogen) atoms. The molecule has 0 aliphatic heterocycles. The maximum absolute atomic E-state index is 14.2. The first-order chi connectivity index (χ1) is 10.3. The molecule has 0 aromatic heterocycles. The predicted octanol–water partition coefficient (Wildman–Crippen LogP) is 4.56. The van der Waals surface area contributed by atoms with Gasteiger partial charge in [0.05, 0.1) is 0 Å². The van der Waals surface area contributed by atoms with Crippen molar-refractivity contribution >= 4 is 17.1 Å². The highest BCUT2D eigenvalue weighted by Gasteiger charge is 2.17. The molecule has 0 heterocycles. The lowest BCUT2D eigenvalue weighted by atomic mass is 9.94. The zero-order chi connectivity index (χ0) is 14.4. The average Bonchev–Trinajstić information content (AvgIpc) is 2.94. The van der Waals surface area contributed by atoms with Crippen LogP contribution in [0.3, 0.4) is 0 Å². The smallest absolute Gasteiger partial charge is 0.150 e. The van der Waals surface area contributed by atoms with Gasteiger partial charge in [-0.25, -0.2) is 4.39 Å². The molecule has 2 heteroatoms. The molecule has 0 unspecified atom stereocenters. The van der Waals surface area contributed by atoms with E-state index in [0.717, 1.165) is 30.1 Å². The Bertz CT molecular complexity index is 870. The van der Waals surface area contributed by atoms with Gasteiger partial charge in [-0.15, -0.1) is 0 Å². The standard InChI is InChI=1S/C19H13FO/c20-18-9-4-12(11-21)10-17(18)15-8-7-14-6-5-13-2-1-3-16(15)19(13)14/h1-4,7-11H,5-6H2. The minimum atomic E-state index is -0.292. The molecule has 0 fully saturated rings. The van der Waals surface area contributed by atoms with Gasteiger partial charge in [-0.05, 0) is 58.5 Å². The monoisotopic (exact) mass is 276 g/mol. The summed E-state index contributed by atoms with van der Waals surface area (Å²) in [5, 5.41) is 2.33. The Balaban J connectivity index is 2.07. The first kappa shape index (κ1) is 12.3. The molecular weight excluding hydrogens is 263 g/mol. The number of hydrogen-bond acceptors (Lipinski definition) is 1. The van der Waals surface area contributed by atoms with Gasteiger partial charge in [0, 0.05) is 11.1 Å². The fraction of sp³-hybridized carbons (Fsp3) is 0.105. The summed E-state index contributed by atoms with van der Waals surface area (Å²) in [6, 6.07) is 14.8. The maximum atomic E-state index is 14.2. The molecule has 0 spiro atoms. The summed E-state index contributed by atoms with van der Waals surface area (Å²) in [7, 11) is 0. The Kier molecular flexibility index (Phi) is 2.64. The summed E-state index contributed by atoms with van der Waals surface area (Å²) >= 11 is 0. The van der Waals surface area contributed by atoms with Crippen molar-refractivity contribution in [2.24, 2.45) is 0 Å². The van der Waals surface area contributed by atoms with Crippen molar-refractivity contribution in [3.05, 3.63) is 71.0 Å². The zero-order valence-electron chi connectivity index (χ0n) is 11.4. The van der Waals surface area contributed by atoms with Crippen molar-refractivity contribution in [1.29, 1.82) is 0 Å². The molecule has 4 rings (SSSR count). The van der Waals surface area contributed by atoms with Crippen LogP contribution in [0.25, 0.3) is 21.9 Å². The van der Waals surface area contributed by atoms with Crippen molar-refractivity contribution in [3.8, 4) is 11.1 Å². The Morgan fingerprint density at radius 3 is 2.52 bits per heavy atom. The number of halogens is 1. The van der Waals surface area contributed by atoms with E-state index < -0.39 is 0 Å². The van der Waals surface area contributed by atoms with E-state index in [2.05, 4.69) is 12.1 Å². The number of hydrogen-bond donors (Lipinski definition) is 0. The fourth-order valence-electron chi connectivity index (χ4n) is 3.30. The molecule has 0 bridgehead atoms. The van der Waals surface area contributed by atoms with Crippen LogP contribution in [0.15, 0.2) is 48.5 Å². The molecule has 1 aliphatic carbocycles. The summed E-state index contributed by atoms with van der Waals surface area (Å²) in [4.78, 5) is 11.0. The molecule has 0 saturated carbocycles. The highest BCUT2D eigenvalue weighted by atomic mass is 19.1. The zero-order valence-corrected chi connectivity index (χ0v) is 11.4. The number of rotatable bonds is 2. The molecule has 3 aromatic carbocycles. The van der Waals surface area contributed by atoms with Gasteiger partial charge >= 0.3 is 0 Å². The van der Waals surface area contributed by atoms with Crippen LogP contribution in [0.5, 0.6) is 0 Å². The van der Waals surface area contributed by atoms with E-state index in [1.807, 2.05) is 18.2 Å². The van der Waals surface area contributed by atoms with Crippen molar-refractivity contribution in [3.63, 3.8) is 0 Å². The van der Waals surface area contributed by atoms with E-state index >= 15 is 0 Å². The molecule has 1 nitrogen and oxygen atoms in total. The van der Waals surface area contributed by atoms with Gasteiger partial charge in [-0.1, -0.05) is 30.3 Å². The Morgan fingerprint density at radius 2 is 1.71 bits per heavy atom. The highest BCUT2D eigenvalue weighted by molar-refractivity contribution is 6.01. The van der Waals surface area contributed by atoms with Gasteiger partial charge in [0.2, 0.25) is 0 Å². The van der Waals surface area contributed by atoms with E-state index in [9.17, 15) is 9.18 Å². The van der Waals surface area contributed by atoms with Crippen molar-refractivity contribution < 1.29 is 9.18 Å². The second-order valence-corrected chi connectivity index (χ2v) is 5.47. The number of benzene rings is 3. The molecule has 3 aromatic rings. The van der Waals surface area contributed by atoms with E-state index in [0.29, 0.717) is 11.1 Å². The molecular formula is C19H13FO. The summed E-state index contributed by atoms with van der Waals surface area (Å²) in [5.41, 5.74) is 4.51. The molecule has 1 aliphatic rings. The van der Waals surface area contributed by atoms with Crippen LogP contribution in [0, 0.1) is 5.82 Å². The van der Waals surface area contributed by atoms with Gasteiger partial charge in [-0.3, -0.25) is 4.79 Å². The Hall–Kier alpha value is -2.48. The van der Waals surface area contributed by atoms with E-state index in [1.54, 1.807) is 6.07 Å². The van der Waals surface area contributed by atoms with Crippen LogP contribution in [0.2, 0.25) is 0 Å². The minimum Gasteiger partial charge on any atom is -0.298 e. The lowest BCUT2D eigenvalue weighted by molar-refractivity contribution is 0.112. The molecule has 0 N–H and O–H groups in total. The van der Waals surface area contributed by atoms with Gasteiger partial charge in [0.15, 0.2) is 0 Å². The Labute approximate surface area is 122 Å². The molecule has 0 radical (unpaired) electrons. The third-order valence-electron chi connectivity index (χ3n) is 4.29. The number of aryl methyl sites for hydroxylation is 2. The lowest BCUT2D eigenvalue weighted by Gasteiger charge is -2.10. The first-order valence-corrected chi connectivity index (χ1v) is 7.06. The van der Waals surface area contributed by atoms with Gasteiger partial charge in [0.1, 0.15) is 12.1 Å². The van der Waals surface area contributed by atoms with E-state index in [4.69, 9.17) is 0 Å². The van der Waals surface area contributed by atoms with Crippen LogP contribution in [-0.4, -0.2) is 6.29 Å². The van der Waals surface area contributed by atoms with Gasteiger partial charge in [0.25, 0.3) is 0 Å². The predicted molar refractivity (Wildman–Crippen MR) is 82.1 cm³/mol. The second-order valence-electron chi connectivity index (χ2n) is 5.47. The minimum absolute atomic E-state index is 0.292. The average molecular weight is 276 g/mol. The van der Waals surface area contributed by atoms with Crippen molar-refractivity contribution in [2.75, 3.05) is 0 Å². The first-order valence-electron chi connectivity index (χ1n) is 7.06. The van der Waals surface area contributed by atoms with E-state index in [-0.39, 0.29) is 5.82 Å². The number of carbonyl (C=O) groups excluding carboxylic acids is 1. The summed E-state index contributed by atoms with van der Waals surface area (Å²) < 4.78 is 14.2. The van der Waals surface area contributed by atoms with Crippen LogP contribution < -0.4 is 0 Å². The quantitative estimate of drug-likeness (QED) is 0.627. The summed E-state index contributed by atoms with van der Waals surface area (Å²) in [5.74, 6) is -0.292. The molecule has 102 valence electrons. The third-order valence-corrected chi connectivity index (χ3v) is 4.29. The van der Waals surface area contributed by atoms with Crippen molar-refractivity contribution in [1.82, 2.24) is 0 Å². The number of aldehydes is 1. The maximum Gasteiger partial charge on any atom is 0.150 e. The molecule has 0 amide bonds. The fourth-order valence-corrected chi connectivity index (χ4v) is 3.30. The largest absolute Gasteiger partial charge is 0.298 e. The SMILES string of the molecule is O=Cc1ccc(F)c(-c2ccc3c4c(cccc24)CC3)c1. The lowest BCUT2D eigenvalue weighted by Crippen LogP contribution is -1.90. The van der Waals surface area contributed by atoms with Gasteiger partial charge in [-0.2, -0.15) is 0 Å². The van der Waals surface area contributed by atoms with Crippen LogP contribution >= 0.6 is 0 Å². The second kappa shape index (κ2) is 4.52. The number of carbonyl (C=O) groups is 1. The van der Waals surface area contributed by atoms with Crippen LogP contribution in [0.4, 0.5) is 4.39 Å². The highest BCUT2D eigenvalue weighted by Crippen LogP contribution is 2.37. The molecule has 0 atom stereocenters. The third kappa shape index (κ3) is 1.79. The van der Waals surface area contributed by atoms with E-state index in [1.165, 1.54) is 28.6 Å². The van der Waals surface area contributed by atoms with Crippen molar-refractivity contribution in [2.45, 2.75) is 12.8 Å². The molecule has 0 saturated heterocycles. The van der Waals surface area contributed by atoms with Crippen LogP contribution in [0.1, 0.15) is 21.5 Å². The topological polar surface area (TPSA) is 17.1 Å². The summed E-state index contributed by atoms with van der Waals surface area (Å²) in [6.45, 7) is 0.